The van der Waals surface area contributed by atoms with Crippen molar-refractivity contribution in [2.45, 2.75) is 16.5 Å². The van der Waals surface area contributed by atoms with Gasteiger partial charge in [0.25, 0.3) is 0 Å². The highest BCUT2D eigenvalue weighted by atomic mass is 32.2. The van der Waals surface area contributed by atoms with Gasteiger partial charge in [-0.25, -0.2) is 8.42 Å². The van der Waals surface area contributed by atoms with E-state index < -0.39 is 9.84 Å². The van der Waals surface area contributed by atoms with E-state index in [1.54, 1.807) is 37.4 Å². The smallest absolute Gasteiger partial charge is 0.234 e. The minimum Gasteiger partial charge on any atom is -0.497 e. The van der Waals surface area contributed by atoms with Gasteiger partial charge in [0.05, 0.1) is 12.0 Å². The number of hydrogen-bond donors (Lipinski definition) is 1. The molecular formula is C23H20N2O4S. The summed E-state index contributed by atoms with van der Waals surface area (Å²) in [6, 6.07) is 24.9. The molecule has 0 aliphatic rings. The molecule has 0 unspecified atom stereocenters. The van der Waals surface area contributed by atoms with Gasteiger partial charge in [-0.3, -0.25) is 0 Å². The Kier molecular flexibility index (Phi) is 5.54. The Morgan fingerprint density at radius 3 is 2.17 bits per heavy atom. The second-order valence-corrected chi connectivity index (χ2v) is 8.40. The van der Waals surface area contributed by atoms with Crippen LogP contribution >= 0.6 is 0 Å². The maximum Gasteiger partial charge on any atom is 0.234 e. The molecule has 1 N–H and O–H groups in total. The molecule has 1 aromatic heterocycles. The van der Waals surface area contributed by atoms with Crippen LogP contribution in [0.25, 0.3) is 11.5 Å². The predicted molar refractivity (Wildman–Crippen MR) is 114 cm³/mol. The number of nitrogens with one attached hydrogen (secondary N) is 1. The lowest BCUT2D eigenvalue weighted by molar-refractivity contribution is 0.414. The largest absolute Gasteiger partial charge is 0.497 e. The molecule has 0 aliphatic carbocycles. The van der Waals surface area contributed by atoms with Crippen LogP contribution in [0, 0.1) is 0 Å². The van der Waals surface area contributed by atoms with Crippen molar-refractivity contribution in [2.75, 3.05) is 12.4 Å². The van der Waals surface area contributed by atoms with Gasteiger partial charge < -0.3 is 14.5 Å². The number of benzene rings is 3. The highest BCUT2D eigenvalue weighted by Gasteiger charge is 2.28. The van der Waals surface area contributed by atoms with E-state index in [2.05, 4.69) is 10.3 Å². The van der Waals surface area contributed by atoms with Gasteiger partial charge in [0.1, 0.15) is 5.75 Å². The molecule has 4 aromatic rings. The first-order valence-electron chi connectivity index (χ1n) is 9.31. The summed E-state index contributed by atoms with van der Waals surface area (Å²) in [4.78, 5) is 4.49. The van der Waals surface area contributed by atoms with Gasteiger partial charge in [-0.15, -0.1) is 0 Å². The molecule has 1 heterocycles. The molecule has 0 saturated carbocycles. The van der Waals surface area contributed by atoms with Gasteiger partial charge in [-0.05, 0) is 42.0 Å². The fourth-order valence-electron chi connectivity index (χ4n) is 2.94. The molecule has 0 saturated heterocycles. The van der Waals surface area contributed by atoms with Gasteiger partial charge >= 0.3 is 0 Å². The number of rotatable bonds is 7. The molecule has 0 aliphatic heterocycles. The second kappa shape index (κ2) is 8.42. The van der Waals surface area contributed by atoms with E-state index >= 15 is 0 Å². The normalized spacial score (nSPS) is 11.2. The molecule has 0 atom stereocenters. The van der Waals surface area contributed by atoms with Crippen molar-refractivity contribution in [3.05, 3.63) is 90.5 Å². The molecule has 0 fully saturated rings. The second-order valence-electron chi connectivity index (χ2n) is 6.54. The third-order valence-corrected chi connectivity index (χ3v) is 6.22. The lowest BCUT2D eigenvalue weighted by Gasteiger charge is -2.07. The molecule has 152 valence electrons. The topological polar surface area (TPSA) is 81.4 Å². The average Bonchev–Trinajstić information content (AvgIpc) is 3.24. The van der Waals surface area contributed by atoms with E-state index in [1.165, 1.54) is 0 Å². The first-order valence-corrected chi connectivity index (χ1v) is 10.8. The van der Waals surface area contributed by atoms with Crippen molar-refractivity contribution in [1.82, 2.24) is 4.98 Å². The average molecular weight is 420 g/mol. The Balaban J connectivity index is 1.71. The SMILES string of the molecule is COc1ccc(CNc2oc(-c3ccccc3)nc2S(=O)(=O)c2ccccc2)cc1. The molecule has 7 heteroatoms. The number of sulfone groups is 1. The van der Waals surface area contributed by atoms with Crippen LogP contribution in [0.5, 0.6) is 5.75 Å². The summed E-state index contributed by atoms with van der Waals surface area (Å²) < 4.78 is 37.4. The van der Waals surface area contributed by atoms with Crippen molar-refractivity contribution in [3.8, 4) is 17.2 Å². The van der Waals surface area contributed by atoms with E-state index in [-0.39, 0.29) is 21.7 Å². The van der Waals surface area contributed by atoms with Crippen LogP contribution in [-0.2, 0) is 16.4 Å². The van der Waals surface area contributed by atoms with Gasteiger partial charge in [-0.1, -0.05) is 48.5 Å². The summed E-state index contributed by atoms with van der Waals surface area (Å²) in [7, 11) is -2.25. The Bertz CT molecular complexity index is 1220. The van der Waals surface area contributed by atoms with Crippen LogP contribution in [0.15, 0.2) is 99.3 Å². The molecular weight excluding hydrogens is 400 g/mol. The zero-order valence-corrected chi connectivity index (χ0v) is 17.1. The zero-order valence-electron chi connectivity index (χ0n) is 16.3. The molecule has 3 aromatic carbocycles. The van der Waals surface area contributed by atoms with Crippen molar-refractivity contribution in [2.24, 2.45) is 0 Å². The first kappa shape index (κ1) is 19.7. The molecule has 6 nitrogen and oxygen atoms in total. The van der Waals surface area contributed by atoms with Crippen molar-refractivity contribution in [3.63, 3.8) is 0 Å². The van der Waals surface area contributed by atoms with Gasteiger partial charge in [0, 0.05) is 12.1 Å². The van der Waals surface area contributed by atoms with Crippen molar-refractivity contribution >= 4 is 15.7 Å². The van der Waals surface area contributed by atoms with Crippen LogP contribution in [0.2, 0.25) is 0 Å². The number of nitrogens with zero attached hydrogens (tertiary/aromatic N) is 1. The summed E-state index contributed by atoms with van der Waals surface area (Å²) >= 11 is 0. The lowest BCUT2D eigenvalue weighted by Crippen LogP contribution is -2.07. The third kappa shape index (κ3) is 4.06. The number of anilines is 1. The molecule has 30 heavy (non-hydrogen) atoms. The zero-order chi connectivity index (χ0) is 21.0. The minimum absolute atomic E-state index is 0.105. The van der Waals surface area contributed by atoms with E-state index in [4.69, 9.17) is 9.15 Å². The van der Waals surface area contributed by atoms with Crippen molar-refractivity contribution in [1.29, 1.82) is 0 Å². The third-order valence-electron chi connectivity index (χ3n) is 4.54. The van der Waals surface area contributed by atoms with Crippen LogP contribution in [0.4, 0.5) is 5.88 Å². The number of aromatic nitrogens is 1. The lowest BCUT2D eigenvalue weighted by atomic mass is 10.2. The maximum absolute atomic E-state index is 13.2. The van der Waals surface area contributed by atoms with Crippen LogP contribution in [-0.4, -0.2) is 20.5 Å². The van der Waals surface area contributed by atoms with Gasteiger partial charge in [0.2, 0.25) is 26.6 Å². The van der Waals surface area contributed by atoms with Gasteiger partial charge in [0.15, 0.2) is 0 Å². The number of methoxy groups -OCH3 is 1. The summed E-state index contributed by atoms with van der Waals surface area (Å²) in [5.74, 6) is 1.09. The molecule has 4 rings (SSSR count). The highest BCUT2D eigenvalue weighted by molar-refractivity contribution is 7.91. The van der Waals surface area contributed by atoms with Crippen LogP contribution < -0.4 is 10.1 Å². The molecule has 0 spiro atoms. The van der Waals surface area contributed by atoms with E-state index in [1.807, 2.05) is 54.6 Å². The number of hydrogen-bond acceptors (Lipinski definition) is 6. The Morgan fingerprint density at radius 2 is 1.53 bits per heavy atom. The first-order chi connectivity index (χ1) is 14.6. The Morgan fingerprint density at radius 1 is 0.900 bits per heavy atom. The van der Waals surface area contributed by atoms with Crippen molar-refractivity contribution < 1.29 is 17.6 Å². The van der Waals surface area contributed by atoms with Gasteiger partial charge in [-0.2, -0.15) is 4.98 Å². The monoisotopic (exact) mass is 420 g/mol. The highest BCUT2D eigenvalue weighted by Crippen LogP contribution is 2.32. The summed E-state index contributed by atoms with van der Waals surface area (Å²) in [6.45, 7) is 0.366. The fourth-order valence-corrected chi connectivity index (χ4v) is 4.24. The van der Waals surface area contributed by atoms with E-state index in [0.29, 0.717) is 12.1 Å². The summed E-state index contributed by atoms with van der Waals surface area (Å²) in [6.07, 6.45) is 0. The quantitative estimate of drug-likeness (QED) is 0.463. The number of oxazole rings is 1. The Labute approximate surface area is 175 Å². The predicted octanol–water partition coefficient (Wildman–Crippen LogP) is 4.80. The molecule has 0 amide bonds. The number of ether oxygens (including phenoxy) is 1. The standard InChI is InChI=1S/C23H20N2O4S/c1-28-19-14-12-17(13-15-19)16-24-22-23(30(26,27)20-10-6-3-7-11-20)25-21(29-22)18-8-4-2-5-9-18/h2-15,24H,16H2,1H3. The molecule has 0 bridgehead atoms. The summed E-state index contributed by atoms with van der Waals surface area (Å²) in [5, 5.41) is 2.95. The van der Waals surface area contributed by atoms with Crippen LogP contribution in [0.1, 0.15) is 5.56 Å². The fraction of sp³-hybridized carbons (Fsp3) is 0.0870. The summed E-state index contributed by atoms with van der Waals surface area (Å²) in [5.41, 5.74) is 1.64. The van der Waals surface area contributed by atoms with E-state index in [9.17, 15) is 8.42 Å². The molecule has 0 radical (unpaired) electrons. The maximum atomic E-state index is 13.2. The van der Waals surface area contributed by atoms with E-state index in [0.717, 1.165) is 11.3 Å². The minimum atomic E-state index is -3.86. The van der Waals surface area contributed by atoms with Crippen LogP contribution in [0.3, 0.4) is 0 Å². The Hall–Kier alpha value is -3.58.